The molecular formula is C25H29ClN4O2. The zero-order valence-electron chi connectivity index (χ0n) is 18.2. The van der Waals surface area contributed by atoms with E-state index in [1.807, 2.05) is 30.3 Å². The molecule has 1 saturated heterocycles. The quantitative estimate of drug-likeness (QED) is 0.481. The first-order valence-electron chi connectivity index (χ1n) is 11.4. The van der Waals surface area contributed by atoms with E-state index in [1.54, 1.807) is 12.1 Å². The maximum absolute atomic E-state index is 12.5. The van der Waals surface area contributed by atoms with Gasteiger partial charge in [-0.05, 0) is 63.5 Å². The number of anilines is 1. The molecule has 2 heterocycles. The van der Waals surface area contributed by atoms with E-state index in [-0.39, 0.29) is 11.5 Å². The number of H-pyrrole nitrogens is 1. The van der Waals surface area contributed by atoms with E-state index in [1.165, 1.54) is 38.8 Å². The van der Waals surface area contributed by atoms with Gasteiger partial charge in [0.2, 0.25) is 5.91 Å². The summed E-state index contributed by atoms with van der Waals surface area (Å²) in [5.41, 5.74) is 1.74. The van der Waals surface area contributed by atoms with E-state index < -0.39 is 0 Å². The molecule has 168 valence electrons. The summed E-state index contributed by atoms with van der Waals surface area (Å²) in [5, 5.41) is 11.5. The fraction of sp³-hybridized carbons (Fsp3) is 0.400. The van der Waals surface area contributed by atoms with Gasteiger partial charge in [-0.3, -0.25) is 9.59 Å². The lowest BCUT2D eigenvalue weighted by molar-refractivity contribution is -0.116. The normalized spacial score (nSPS) is 14.9. The molecule has 1 fully saturated rings. The molecule has 0 spiro atoms. The first-order chi connectivity index (χ1) is 15.6. The lowest BCUT2D eigenvalue weighted by Gasteiger charge is -2.19. The first kappa shape index (κ1) is 22.5. The van der Waals surface area contributed by atoms with Crippen LogP contribution in [0.3, 0.4) is 0 Å². The molecule has 1 aliphatic rings. The highest BCUT2D eigenvalue weighted by molar-refractivity contribution is 6.33. The summed E-state index contributed by atoms with van der Waals surface area (Å²) in [4.78, 5) is 27.1. The van der Waals surface area contributed by atoms with Crippen molar-refractivity contribution in [1.29, 1.82) is 0 Å². The minimum Gasteiger partial charge on any atom is -0.325 e. The van der Waals surface area contributed by atoms with Crippen LogP contribution in [0.25, 0.3) is 22.0 Å². The number of hydrogen-bond acceptors (Lipinski definition) is 4. The van der Waals surface area contributed by atoms with Crippen LogP contribution in [0.2, 0.25) is 5.02 Å². The van der Waals surface area contributed by atoms with Gasteiger partial charge in [0.25, 0.3) is 5.56 Å². The van der Waals surface area contributed by atoms with Gasteiger partial charge in [-0.2, -0.15) is 5.10 Å². The third kappa shape index (κ3) is 5.56. The minimum absolute atomic E-state index is 0.0424. The fourth-order valence-corrected chi connectivity index (χ4v) is 4.46. The van der Waals surface area contributed by atoms with Gasteiger partial charge in [0.1, 0.15) is 0 Å². The standard InChI is InChI=1S/C25H29ClN4O2/c26-21-13-12-18(24-19-9-3-4-10-20(19)25(32)29-28-24)17-22(21)27-23(31)11-5-8-16-30-14-6-1-2-7-15-30/h3-4,9-10,12-13,17H,1-2,5-8,11,14-16H2,(H,27,31)(H,29,32). The molecule has 32 heavy (non-hydrogen) atoms. The number of carbonyl (C=O) groups excluding carboxylic acids is 1. The predicted molar refractivity (Wildman–Crippen MR) is 130 cm³/mol. The lowest BCUT2D eigenvalue weighted by atomic mass is 10.0. The molecule has 7 heteroatoms. The molecule has 2 aromatic carbocycles. The Morgan fingerprint density at radius 2 is 1.78 bits per heavy atom. The van der Waals surface area contributed by atoms with Crippen LogP contribution in [0.5, 0.6) is 0 Å². The largest absolute Gasteiger partial charge is 0.325 e. The molecule has 0 saturated carbocycles. The Labute approximate surface area is 193 Å². The average Bonchev–Trinajstić information content (AvgIpc) is 3.08. The fourth-order valence-electron chi connectivity index (χ4n) is 4.30. The summed E-state index contributed by atoms with van der Waals surface area (Å²) in [7, 11) is 0. The zero-order chi connectivity index (χ0) is 22.3. The number of halogens is 1. The Morgan fingerprint density at radius 1 is 1.03 bits per heavy atom. The maximum Gasteiger partial charge on any atom is 0.272 e. The highest BCUT2D eigenvalue weighted by Crippen LogP contribution is 2.30. The summed E-state index contributed by atoms with van der Waals surface area (Å²) in [6.07, 6.45) is 7.59. The van der Waals surface area contributed by atoms with Crippen LogP contribution in [-0.2, 0) is 4.79 Å². The molecule has 0 aliphatic carbocycles. The van der Waals surface area contributed by atoms with Crippen molar-refractivity contribution < 1.29 is 4.79 Å². The molecule has 0 unspecified atom stereocenters. The number of aromatic amines is 1. The maximum atomic E-state index is 12.5. The van der Waals surface area contributed by atoms with Gasteiger partial charge in [0.05, 0.1) is 21.8 Å². The van der Waals surface area contributed by atoms with E-state index in [2.05, 4.69) is 20.4 Å². The van der Waals surface area contributed by atoms with Gasteiger partial charge in [-0.1, -0.05) is 48.7 Å². The second-order valence-corrected chi connectivity index (χ2v) is 8.81. The predicted octanol–water partition coefficient (Wildman–Crippen LogP) is 5.23. The van der Waals surface area contributed by atoms with Crippen LogP contribution in [0.15, 0.2) is 47.3 Å². The summed E-state index contributed by atoms with van der Waals surface area (Å²) in [6.45, 7) is 3.43. The summed E-state index contributed by atoms with van der Waals surface area (Å²) in [5.74, 6) is -0.0424. The molecule has 4 rings (SSSR count). The van der Waals surface area contributed by atoms with Crippen LogP contribution >= 0.6 is 11.6 Å². The van der Waals surface area contributed by atoms with Crippen molar-refractivity contribution in [2.24, 2.45) is 0 Å². The number of aromatic nitrogens is 2. The van der Waals surface area contributed by atoms with E-state index in [0.717, 1.165) is 30.3 Å². The van der Waals surface area contributed by atoms with Crippen molar-refractivity contribution in [3.05, 3.63) is 57.8 Å². The SMILES string of the molecule is O=C(CCCCN1CCCCCC1)Nc1cc(-c2n[nH]c(=O)c3ccccc23)ccc1Cl. The van der Waals surface area contributed by atoms with E-state index >= 15 is 0 Å². The number of rotatable bonds is 7. The van der Waals surface area contributed by atoms with Gasteiger partial charge < -0.3 is 10.2 Å². The molecule has 1 aliphatic heterocycles. The van der Waals surface area contributed by atoms with E-state index in [0.29, 0.717) is 28.2 Å². The molecule has 3 aromatic rings. The van der Waals surface area contributed by atoms with Crippen molar-refractivity contribution >= 4 is 34.0 Å². The Balaban J connectivity index is 1.39. The Morgan fingerprint density at radius 3 is 2.56 bits per heavy atom. The van der Waals surface area contributed by atoms with Crippen molar-refractivity contribution in [3.63, 3.8) is 0 Å². The summed E-state index contributed by atoms with van der Waals surface area (Å²) in [6, 6.07) is 12.7. The highest BCUT2D eigenvalue weighted by Gasteiger charge is 2.13. The monoisotopic (exact) mass is 452 g/mol. The van der Waals surface area contributed by atoms with E-state index in [4.69, 9.17) is 11.6 Å². The number of nitrogens with one attached hydrogen (secondary N) is 2. The van der Waals surface area contributed by atoms with Crippen LogP contribution in [0, 0.1) is 0 Å². The molecule has 0 atom stereocenters. The van der Waals surface area contributed by atoms with Gasteiger partial charge in [-0.15, -0.1) is 0 Å². The number of hydrogen-bond donors (Lipinski definition) is 2. The van der Waals surface area contributed by atoms with Crippen LogP contribution in [-0.4, -0.2) is 40.6 Å². The van der Waals surface area contributed by atoms with Crippen LogP contribution in [0.1, 0.15) is 44.9 Å². The van der Waals surface area contributed by atoms with Crippen molar-refractivity contribution in [2.45, 2.75) is 44.9 Å². The number of carbonyl (C=O) groups is 1. The van der Waals surface area contributed by atoms with Gasteiger partial charge in [0, 0.05) is 17.4 Å². The Bertz CT molecular complexity index is 1140. The molecule has 0 radical (unpaired) electrons. The van der Waals surface area contributed by atoms with Gasteiger partial charge >= 0.3 is 0 Å². The van der Waals surface area contributed by atoms with Crippen LogP contribution in [0.4, 0.5) is 5.69 Å². The molecule has 0 bridgehead atoms. The molecule has 1 amide bonds. The molecule has 6 nitrogen and oxygen atoms in total. The summed E-state index contributed by atoms with van der Waals surface area (Å²) >= 11 is 6.35. The third-order valence-electron chi connectivity index (χ3n) is 6.04. The van der Waals surface area contributed by atoms with Crippen molar-refractivity contribution in [3.8, 4) is 11.3 Å². The second kappa shape index (κ2) is 10.7. The Hall–Kier alpha value is -2.70. The minimum atomic E-state index is -0.230. The third-order valence-corrected chi connectivity index (χ3v) is 6.37. The topological polar surface area (TPSA) is 78.1 Å². The van der Waals surface area contributed by atoms with E-state index in [9.17, 15) is 9.59 Å². The number of likely N-dealkylation sites (tertiary alicyclic amines) is 1. The van der Waals surface area contributed by atoms with Crippen molar-refractivity contribution in [1.82, 2.24) is 15.1 Å². The summed E-state index contributed by atoms with van der Waals surface area (Å²) < 4.78 is 0. The highest BCUT2D eigenvalue weighted by atomic mass is 35.5. The first-order valence-corrected chi connectivity index (χ1v) is 11.8. The number of benzene rings is 2. The molecular weight excluding hydrogens is 424 g/mol. The van der Waals surface area contributed by atoms with Gasteiger partial charge in [0.15, 0.2) is 0 Å². The van der Waals surface area contributed by atoms with Crippen molar-refractivity contribution in [2.75, 3.05) is 25.0 Å². The lowest BCUT2D eigenvalue weighted by Crippen LogP contribution is -2.25. The molecule has 2 N–H and O–H groups in total. The average molecular weight is 453 g/mol. The number of nitrogens with zero attached hydrogens (tertiary/aromatic N) is 2. The number of amides is 1. The molecule has 1 aromatic heterocycles. The smallest absolute Gasteiger partial charge is 0.272 e. The zero-order valence-corrected chi connectivity index (χ0v) is 19.0. The Kier molecular flexibility index (Phi) is 7.55. The number of unbranched alkanes of at least 4 members (excludes halogenated alkanes) is 1. The second-order valence-electron chi connectivity index (χ2n) is 8.40. The number of fused-ring (bicyclic) bond motifs is 1. The van der Waals surface area contributed by atoms with Crippen LogP contribution < -0.4 is 10.9 Å². The van der Waals surface area contributed by atoms with Gasteiger partial charge in [-0.25, -0.2) is 5.10 Å².